The van der Waals surface area contributed by atoms with Crippen molar-refractivity contribution in [2.75, 3.05) is 23.3 Å². The Morgan fingerprint density at radius 3 is 2.35 bits per heavy atom. The number of ether oxygens (including phenoxy) is 2. The van der Waals surface area contributed by atoms with Crippen LogP contribution in [0, 0.1) is 0 Å². The molecule has 2 aliphatic heterocycles. The van der Waals surface area contributed by atoms with Gasteiger partial charge in [-0.25, -0.2) is 4.79 Å². The summed E-state index contributed by atoms with van der Waals surface area (Å²) in [7, 11) is 0. The zero-order valence-electron chi connectivity index (χ0n) is 23.3. The Hall–Kier alpha value is -4.25. The Labute approximate surface area is 236 Å². The van der Waals surface area contributed by atoms with E-state index >= 15 is 0 Å². The molecule has 0 saturated heterocycles. The lowest BCUT2D eigenvalue weighted by atomic mass is 9.77. The summed E-state index contributed by atoms with van der Waals surface area (Å²) in [6.07, 6.45) is 5.96. The number of para-hydroxylation sites is 1. The molecule has 1 atom stereocenters. The molecule has 4 aromatic carbocycles. The molecule has 40 heavy (non-hydrogen) atoms. The second kappa shape index (κ2) is 11.1. The topological polar surface area (TPSA) is 50.8 Å². The lowest BCUT2D eigenvalue weighted by molar-refractivity contribution is 0.0224. The molecule has 0 fully saturated rings. The summed E-state index contributed by atoms with van der Waals surface area (Å²) in [5, 5.41) is 3.48. The molecule has 1 N–H and O–H groups in total. The molecule has 0 saturated carbocycles. The van der Waals surface area contributed by atoms with Crippen LogP contribution in [0.5, 0.6) is 11.5 Å². The second-order valence-corrected chi connectivity index (χ2v) is 10.6. The van der Waals surface area contributed by atoms with Gasteiger partial charge in [-0.3, -0.25) is 0 Å². The molecular formula is C35H36N2O3. The minimum atomic E-state index is -1.08. The Balaban J connectivity index is 1.45. The summed E-state index contributed by atoms with van der Waals surface area (Å²) in [5.74, 6) is 1.11. The van der Waals surface area contributed by atoms with Gasteiger partial charge in [0.15, 0.2) is 5.60 Å². The van der Waals surface area contributed by atoms with Crippen LogP contribution in [0.15, 0.2) is 91.0 Å². The highest BCUT2D eigenvalue weighted by atomic mass is 16.6. The van der Waals surface area contributed by atoms with E-state index in [1.54, 1.807) is 0 Å². The molecule has 0 radical (unpaired) electrons. The molecule has 0 amide bonds. The molecule has 2 aliphatic rings. The van der Waals surface area contributed by atoms with Crippen LogP contribution in [0.2, 0.25) is 0 Å². The predicted octanol–water partition coefficient (Wildman–Crippen LogP) is 8.79. The molecule has 5 heteroatoms. The Morgan fingerprint density at radius 1 is 0.700 bits per heavy atom. The highest BCUT2D eigenvalue weighted by Gasteiger charge is 2.53. The molecule has 1 spiro atoms. The maximum Gasteiger partial charge on any atom is 0.340 e. The quantitative estimate of drug-likeness (QED) is 0.163. The van der Waals surface area contributed by atoms with E-state index in [-0.39, 0.29) is 5.97 Å². The van der Waals surface area contributed by atoms with Gasteiger partial charge in [0.1, 0.15) is 11.5 Å². The van der Waals surface area contributed by atoms with Crippen molar-refractivity contribution < 1.29 is 14.3 Å². The molecule has 1 unspecified atom stereocenters. The molecule has 6 rings (SSSR count). The molecule has 5 nitrogen and oxygen atoms in total. The summed E-state index contributed by atoms with van der Waals surface area (Å²) >= 11 is 0. The molecule has 0 aromatic heterocycles. The van der Waals surface area contributed by atoms with Crippen molar-refractivity contribution >= 4 is 23.0 Å². The SMILES string of the molecule is CCCCCCN(CCC)c1ccc2c(c1)Oc1ccc(Nc3ccccc3)cc1C21OC(=O)c2ccccc21. The number of esters is 1. The van der Waals surface area contributed by atoms with Crippen molar-refractivity contribution in [2.45, 2.75) is 51.6 Å². The first kappa shape index (κ1) is 26.0. The number of benzene rings is 4. The van der Waals surface area contributed by atoms with Gasteiger partial charge < -0.3 is 19.7 Å². The van der Waals surface area contributed by atoms with Gasteiger partial charge in [-0.1, -0.05) is 69.5 Å². The number of hydrogen-bond acceptors (Lipinski definition) is 5. The molecule has 0 aliphatic carbocycles. The Bertz CT molecular complexity index is 1520. The lowest BCUT2D eigenvalue weighted by Gasteiger charge is -2.37. The van der Waals surface area contributed by atoms with Crippen molar-refractivity contribution in [3.63, 3.8) is 0 Å². The van der Waals surface area contributed by atoms with Crippen LogP contribution in [0.25, 0.3) is 0 Å². The second-order valence-electron chi connectivity index (χ2n) is 10.6. The zero-order valence-corrected chi connectivity index (χ0v) is 23.3. The van der Waals surface area contributed by atoms with Gasteiger partial charge in [-0.05, 0) is 61.4 Å². The first-order chi connectivity index (χ1) is 19.6. The highest BCUT2D eigenvalue weighted by molar-refractivity contribution is 5.97. The number of fused-ring (bicyclic) bond motifs is 6. The van der Waals surface area contributed by atoms with Crippen LogP contribution < -0.4 is 15.0 Å². The summed E-state index contributed by atoms with van der Waals surface area (Å²) in [6, 6.07) is 30.2. The van der Waals surface area contributed by atoms with E-state index in [9.17, 15) is 4.79 Å². The monoisotopic (exact) mass is 532 g/mol. The maximum atomic E-state index is 13.3. The fraction of sp³-hybridized carbons (Fsp3) is 0.286. The van der Waals surface area contributed by atoms with E-state index in [1.807, 2.05) is 72.8 Å². The van der Waals surface area contributed by atoms with Crippen LogP contribution in [-0.4, -0.2) is 19.1 Å². The molecular weight excluding hydrogens is 496 g/mol. The number of nitrogens with zero attached hydrogens (tertiary/aromatic N) is 1. The van der Waals surface area contributed by atoms with Crippen molar-refractivity contribution in [1.29, 1.82) is 0 Å². The predicted molar refractivity (Wildman–Crippen MR) is 161 cm³/mol. The number of carbonyl (C=O) groups is 1. The standard InChI is InChI=1S/C35H36N2O3/c1-3-5-6-12-22-37(21-4-2)27-18-19-30-33(24-27)39-32-20-17-26(36-25-13-8-7-9-14-25)23-31(32)35(30)29-16-11-10-15-28(29)34(38)40-35/h7-11,13-20,23-24,36H,3-6,12,21-22H2,1-2H3. The van der Waals surface area contributed by atoms with Crippen molar-refractivity contribution in [1.82, 2.24) is 0 Å². The van der Waals surface area contributed by atoms with Crippen molar-refractivity contribution in [2.24, 2.45) is 0 Å². The Morgan fingerprint density at radius 2 is 1.52 bits per heavy atom. The van der Waals surface area contributed by atoms with Gasteiger partial charge in [0.2, 0.25) is 0 Å². The maximum absolute atomic E-state index is 13.3. The van der Waals surface area contributed by atoms with Gasteiger partial charge >= 0.3 is 5.97 Å². The van der Waals surface area contributed by atoms with E-state index in [2.05, 4.69) is 42.3 Å². The van der Waals surface area contributed by atoms with Crippen LogP contribution in [0.1, 0.15) is 73.0 Å². The van der Waals surface area contributed by atoms with Gasteiger partial charge in [0, 0.05) is 52.9 Å². The van der Waals surface area contributed by atoms with Crippen molar-refractivity contribution in [3.8, 4) is 11.5 Å². The summed E-state index contributed by atoms with van der Waals surface area (Å²) < 4.78 is 13.0. The van der Waals surface area contributed by atoms with Gasteiger partial charge in [0.25, 0.3) is 0 Å². The third-order valence-electron chi connectivity index (χ3n) is 7.90. The number of rotatable bonds is 10. The number of hydrogen-bond donors (Lipinski definition) is 1. The van der Waals surface area contributed by atoms with E-state index in [1.165, 1.54) is 25.7 Å². The summed E-state index contributed by atoms with van der Waals surface area (Å²) in [5.41, 5.74) is 5.04. The first-order valence-corrected chi connectivity index (χ1v) is 14.5. The first-order valence-electron chi connectivity index (χ1n) is 14.5. The fourth-order valence-electron chi connectivity index (χ4n) is 5.99. The fourth-order valence-corrected chi connectivity index (χ4v) is 5.99. The molecule has 2 heterocycles. The lowest BCUT2D eigenvalue weighted by Crippen LogP contribution is -2.33. The van der Waals surface area contributed by atoms with Gasteiger partial charge in [-0.15, -0.1) is 0 Å². The average molecular weight is 533 g/mol. The minimum absolute atomic E-state index is 0.316. The largest absolute Gasteiger partial charge is 0.456 e. The van der Waals surface area contributed by atoms with Gasteiger partial charge in [0.05, 0.1) is 5.56 Å². The molecule has 0 bridgehead atoms. The summed E-state index contributed by atoms with van der Waals surface area (Å²) in [4.78, 5) is 15.7. The zero-order chi connectivity index (χ0) is 27.5. The van der Waals surface area contributed by atoms with E-state index in [0.29, 0.717) is 11.3 Å². The highest BCUT2D eigenvalue weighted by Crippen LogP contribution is 2.57. The van der Waals surface area contributed by atoms with Crippen LogP contribution >= 0.6 is 0 Å². The van der Waals surface area contributed by atoms with Crippen LogP contribution in [-0.2, 0) is 10.3 Å². The smallest absolute Gasteiger partial charge is 0.340 e. The van der Waals surface area contributed by atoms with Crippen LogP contribution in [0.4, 0.5) is 17.1 Å². The minimum Gasteiger partial charge on any atom is -0.456 e. The molecule has 204 valence electrons. The van der Waals surface area contributed by atoms with Gasteiger partial charge in [-0.2, -0.15) is 0 Å². The van der Waals surface area contributed by atoms with Crippen LogP contribution in [0.3, 0.4) is 0 Å². The molecule has 4 aromatic rings. The number of carbonyl (C=O) groups excluding carboxylic acids is 1. The summed E-state index contributed by atoms with van der Waals surface area (Å²) in [6.45, 7) is 6.46. The van der Waals surface area contributed by atoms with E-state index in [0.717, 1.165) is 59.0 Å². The third kappa shape index (κ3) is 4.60. The Kier molecular flexibility index (Phi) is 7.21. The average Bonchev–Trinajstić information content (AvgIpc) is 3.28. The number of unbranched alkanes of at least 4 members (excludes halogenated alkanes) is 3. The van der Waals surface area contributed by atoms with E-state index < -0.39 is 5.60 Å². The number of anilines is 3. The van der Waals surface area contributed by atoms with Crippen molar-refractivity contribution in [3.05, 3.63) is 113 Å². The number of nitrogens with one attached hydrogen (secondary N) is 1. The van der Waals surface area contributed by atoms with E-state index in [4.69, 9.17) is 9.47 Å². The third-order valence-corrected chi connectivity index (χ3v) is 7.90. The normalized spacial score (nSPS) is 16.5.